The molecule has 0 saturated carbocycles. The zero-order chi connectivity index (χ0) is 20.6. The summed E-state index contributed by atoms with van der Waals surface area (Å²) in [6, 6.07) is 18.6. The van der Waals surface area contributed by atoms with E-state index in [1.165, 1.54) is 23.9 Å². The quantitative estimate of drug-likeness (QED) is 0.539. The van der Waals surface area contributed by atoms with Crippen LogP contribution in [-0.4, -0.2) is 31.2 Å². The predicted molar refractivity (Wildman–Crippen MR) is 127 cm³/mol. The highest BCUT2D eigenvalue weighted by molar-refractivity contribution is 6.31. The molecule has 1 N–H and O–H groups in total. The van der Waals surface area contributed by atoms with Gasteiger partial charge in [-0.3, -0.25) is 0 Å². The van der Waals surface area contributed by atoms with Crippen LogP contribution in [0.25, 0.3) is 22.2 Å². The first kappa shape index (κ1) is 21.6. The summed E-state index contributed by atoms with van der Waals surface area (Å²) >= 11 is 6.22. The van der Waals surface area contributed by atoms with Crippen molar-refractivity contribution >= 4 is 28.2 Å². The molecule has 4 rings (SSSR count). The van der Waals surface area contributed by atoms with Gasteiger partial charge in [0.2, 0.25) is 0 Å². The molecule has 2 aromatic carbocycles. The summed E-state index contributed by atoms with van der Waals surface area (Å²) in [7, 11) is 0. The number of rotatable bonds is 4. The van der Waals surface area contributed by atoms with Crippen LogP contribution in [-0.2, 0) is 0 Å². The van der Waals surface area contributed by atoms with Crippen LogP contribution in [0.5, 0.6) is 0 Å². The number of anilines is 1. The van der Waals surface area contributed by atoms with Crippen molar-refractivity contribution in [3.05, 3.63) is 59.6 Å². The summed E-state index contributed by atoms with van der Waals surface area (Å²) in [6.45, 7) is 10.9. The Balaban J connectivity index is 0.000000431. The molecule has 3 aromatic rings. The molecule has 0 unspecified atom stereocenters. The molecule has 4 heteroatoms. The third-order valence-corrected chi connectivity index (χ3v) is 5.68. The Morgan fingerprint density at radius 3 is 2.31 bits per heavy atom. The maximum Gasteiger partial charge on any atom is 0.0745 e. The minimum absolute atomic E-state index is 0.735. The van der Waals surface area contributed by atoms with Gasteiger partial charge in [-0.1, -0.05) is 62.7 Å². The number of nitrogens with zero attached hydrogens (tertiary/aromatic N) is 2. The number of nitrogens with one attached hydrogen (secondary N) is 1. The number of halogens is 1. The van der Waals surface area contributed by atoms with Crippen molar-refractivity contribution in [2.45, 2.75) is 33.6 Å². The molecular formula is C25H32ClN3. The molecule has 154 valence electrons. The van der Waals surface area contributed by atoms with Gasteiger partial charge < -0.3 is 10.2 Å². The first-order valence-electron chi connectivity index (χ1n) is 10.7. The second-order valence-corrected chi connectivity index (χ2v) is 8.12. The Labute approximate surface area is 180 Å². The number of hydrogen-bond acceptors (Lipinski definition) is 3. The first-order valence-corrected chi connectivity index (χ1v) is 11.1. The molecule has 1 fully saturated rings. The van der Waals surface area contributed by atoms with Crippen LogP contribution in [0.1, 0.15) is 33.6 Å². The lowest BCUT2D eigenvalue weighted by atomic mass is 9.98. The third-order valence-electron chi connectivity index (χ3n) is 5.44. The van der Waals surface area contributed by atoms with E-state index in [1.807, 2.05) is 18.2 Å². The van der Waals surface area contributed by atoms with Gasteiger partial charge in [-0.25, -0.2) is 4.98 Å². The number of hydrogen-bond donors (Lipinski definition) is 1. The highest BCUT2D eigenvalue weighted by Gasteiger charge is 2.19. The van der Waals surface area contributed by atoms with Gasteiger partial charge in [0, 0.05) is 34.7 Å². The minimum Gasteiger partial charge on any atom is -0.371 e. The van der Waals surface area contributed by atoms with Crippen LogP contribution in [0, 0.1) is 5.92 Å². The highest BCUT2D eigenvalue weighted by Crippen LogP contribution is 2.34. The van der Waals surface area contributed by atoms with Gasteiger partial charge in [-0.2, -0.15) is 0 Å². The van der Waals surface area contributed by atoms with E-state index in [0.29, 0.717) is 0 Å². The van der Waals surface area contributed by atoms with E-state index >= 15 is 0 Å². The molecule has 1 aliphatic rings. The molecule has 0 amide bonds. The Kier molecular flexibility index (Phi) is 7.91. The monoisotopic (exact) mass is 409 g/mol. The molecule has 0 bridgehead atoms. The second kappa shape index (κ2) is 10.6. The fourth-order valence-corrected chi connectivity index (χ4v) is 3.87. The van der Waals surface area contributed by atoms with Crippen molar-refractivity contribution in [1.29, 1.82) is 0 Å². The molecule has 0 aliphatic carbocycles. The van der Waals surface area contributed by atoms with Crippen LogP contribution in [0.2, 0.25) is 5.02 Å². The van der Waals surface area contributed by atoms with E-state index in [-0.39, 0.29) is 0 Å². The molecule has 2 heterocycles. The third kappa shape index (κ3) is 5.71. The van der Waals surface area contributed by atoms with Crippen LogP contribution < -0.4 is 10.2 Å². The number of pyridine rings is 1. The molecule has 3 nitrogen and oxygen atoms in total. The number of aromatic nitrogens is 1. The Morgan fingerprint density at radius 2 is 1.69 bits per heavy atom. The highest BCUT2D eigenvalue weighted by atomic mass is 35.5. The lowest BCUT2D eigenvalue weighted by molar-refractivity contribution is 0.439. The minimum atomic E-state index is 0.735. The van der Waals surface area contributed by atoms with Gasteiger partial charge >= 0.3 is 0 Å². The summed E-state index contributed by atoms with van der Waals surface area (Å²) in [5.74, 6) is 0.817. The Bertz CT molecular complexity index is 901. The van der Waals surface area contributed by atoms with E-state index in [4.69, 9.17) is 16.6 Å². The largest absolute Gasteiger partial charge is 0.371 e. The van der Waals surface area contributed by atoms with Crippen LogP contribution in [0.3, 0.4) is 0 Å². The normalized spacial score (nSPS) is 14.6. The maximum atomic E-state index is 6.22. The first-order chi connectivity index (χ1) is 14.1. The molecule has 29 heavy (non-hydrogen) atoms. The van der Waals surface area contributed by atoms with Crippen LogP contribution >= 0.6 is 11.6 Å². The summed E-state index contributed by atoms with van der Waals surface area (Å²) in [5, 5.41) is 5.03. The smallest absolute Gasteiger partial charge is 0.0745 e. The zero-order valence-electron chi connectivity index (χ0n) is 17.8. The van der Waals surface area contributed by atoms with Crippen molar-refractivity contribution in [2.24, 2.45) is 5.92 Å². The van der Waals surface area contributed by atoms with Crippen molar-refractivity contribution in [2.75, 3.05) is 31.1 Å². The molecule has 1 aliphatic heterocycles. The average Bonchev–Trinajstić information content (AvgIpc) is 2.75. The SMILES string of the molecule is CC1CCN(c2cc(-c3ccccc3)nc3cc(Cl)ccc23)CC1.CCNCC. The fraction of sp³-hybridized carbons (Fsp3) is 0.400. The molecule has 1 aromatic heterocycles. The van der Waals surface area contributed by atoms with E-state index in [1.54, 1.807) is 0 Å². The fourth-order valence-electron chi connectivity index (χ4n) is 3.70. The molecule has 1 saturated heterocycles. The van der Waals surface area contributed by atoms with Gasteiger partial charge in [0.05, 0.1) is 11.2 Å². The van der Waals surface area contributed by atoms with Crippen molar-refractivity contribution in [1.82, 2.24) is 10.3 Å². The van der Waals surface area contributed by atoms with E-state index in [2.05, 4.69) is 67.4 Å². The van der Waals surface area contributed by atoms with Crippen molar-refractivity contribution in [3.63, 3.8) is 0 Å². The lowest BCUT2D eigenvalue weighted by Gasteiger charge is -2.33. The number of fused-ring (bicyclic) bond motifs is 1. The number of piperidine rings is 1. The average molecular weight is 410 g/mol. The molecular weight excluding hydrogens is 378 g/mol. The van der Waals surface area contributed by atoms with Gasteiger partial charge in [-0.15, -0.1) is 0 Å². The lowest BCUT2D eigenvalue weighted by Crippen LogP contribution is -2.32. The van der Waals surface area contributed by atoms with Gasteiger partial charge in [0.15, 0.2) is 0 Å². The molecule has 0 radical (unpaired) electrons. The van der Waals surface area contributed by atoms with Crippen LogP contribution in [0.4, 0.5) is 5.69 Å². The number of benzene rings is 2. The zero-order valence-corrected chi connectivity index (χ0v) is 18.5. The van der Waals surface area contributed by atoms with Gasteiger partial charge in [0.1, 0.15) is 0 Å². The maximum absolute atomic E-state index is 6.22. The summed E-state index contributed by atoms with van der Waals surface area (Å²) < 4.78 is 0. The molecule has 0 atom stereocenters. The van der Waals surface area contributed by atoms with E-state index in [9.17, 15) is 0 Å². The van der Waals surface area contributed by atoms with Crippen molar-refractivity contribution < 1.29 is 0 Å². The van der Waals surface area contributed by atoms with Gasteiger partial charge in [0.25, 0.3) is 0 Å². The Hall–Kier alpha value is -2.10. The standard InChI is InChI=1S/C21H21ClN2.C4H11N/c1-15-9-11-24(12-10-15)21-14-19(16-5-3-2-4-6-16)23-20-13-17(22)7-8-18(20)21;1-3-5-4-2/h2-8,13-15H,9-12H2,1H3;5H,3-4H2,1-2H3. The van der Waals surface area contributed by atoms with E-state index in [0.717, 1.165) is 53.9 Å². The summed E-state index contributed by atoms with van der Waals surface area (Å²) in [6.07, 6.45) is 2.50. The van der Waals surface area contributed by atoms with Crippen LogP contribution in [0.15, 0.2) is 54.6 Å². The predicted octanol–water partition coefficient (Wildman–Crippen LogP) is 6.41. The van der Waals surface area contributed by atoms with E-state index < -0.39 is 0 Å². The summed E-state index contributed by atoms with van der Waals surface area (Å²) in [4.78, 5) is 7.37. The summed E-state index contributed by atoms with van der Waals surface area (Å²) in [5.41, 5.74) is 4.41. The topological polar surface area (TPSA) is 28.2 Å². The second-order valence-electron chi connectivity index (χ2n) is 7.68. The van der Waals surface area contributed by atoms with Gasteiger partial charge in [-0.05, 0) is 56.1 Å². The Morgan fingerprint density at radius 1 is 1.00 bits per heavy atom. The van der Waals surface area contributed by atoms with Crippen molar-refractivity contribution in [3.8, 4) is 11.3 Å². The molecule has 0 spiro atoms.